The van der Waals surface area contributed by atoms with Crippen LogP contribution in [0.4, 0.5) is 0 Å². The van der Waals surface area contributed by atoms with E-state index in [0.717, 1.165) is 12.8 Å². The van der Waals surface area contributed by atoms with Crippen LogP contribution in [0.2, 0.25) is 5.02 Å². The topological polar surface area (TPSA) is 105 Å². The maximum atomic E-state index is 12.5. The molecule has 1 fully saturated rings. The van der Waals surface area contributed by atoms with Gasteiger partial charge in [-0.25, -0.2) is 4.79 Å². The van der Waals surface area contributed by atoms with Crippen molar-refractivity contribution in [3.05, 3.63) is 40.6 Å². The number of esters is 1. The molecule has 8 heteroatoms. The minimum atomic E-state index is -0.945. The van der Waals surface area contributed by atoms with E-state index in [9.17, 15) is 14.9 Å². The highest BCUT2D eigenvalue weighted by Gasteiger charge is 2.43. The molecule has 0 saturated heterocycles. The molecular formula is C19H18ClN3O4. The van der Waals surface area contributed by atoms with Crippen LogP contribution in [-0.4, -0.2) is 29.2 Å². The zero-order valence-electron chi connectivity index (χ0n) is 14.9. The molecule has 1 aliphatic rings. The van der Waals surface area contributed by atoms with Gasteiger partial charge in [-0.1, -0.05) is 35.0 Å². The van der Waals surface area contributed by atoms with Gasteiger partial charge in [-0.05, 0) is 38.7 Å². The van der Waals surface area contributed by atoms with E-state index in [2.05, 4.69) is 16.5 Å². The van der Waals surface area contributed by atoms with Gasteiger partial charge in [-0.15, -0.1) is 0 Å². The molecule has 1 N–H and O–H groups in total. The van der Waals surface area contributed by atoms with Crippen LogP contribution in [0.5, 0.6) is 0 Å². The fourth-order valence-electron chi connectivity index (χ4n) is 2.86. The Morgan fingerprint density at radius 1 is 1.44 bits per heavy atom. The molecule has 0 aliphatic heterocycles. The molecule has 1 atom stereocenters. The second-order valence-corrected chi connectivity index (χ2v) is 7.06. The van der Waals surface area contributed by atoms with E-state index >= 15 is 0 Å². The molecule has 1 aliphatic carbocycles. The molecule has 1 heterocycles. The van der Waals surface area contributed by atoms with E-state index in [4.69, 9.17) is 20.9 Å². The summed E-state index contributed by atoms with van der Waals surface area (Å²) in [5.74, 6) is -0.888. The summed E-state index contributed by atoms with van der Waals surface area (Å²) in [6.45, 7) is 2.74. The average Bonchev–Trinajstić information content (AvgIpc) is 3.44. The standard InChI is InChI=1S/C19H18ClN3O4/c1-11-16(17(23-27-11)13-5-3-4-6-14(13)20)18(25)26-9-15(24)22-19(2,10-21)12-7-8-12/h3-6,12H,7-9H2,1-2H3,(H,22,24)/t19-/m0/s1. The molecule has 0 spiro atoms. The van der Waals surface area contributed by atoms with Gasteiger partial charge in [0.2, 0.25) is 0 Å². The number of carbonyl (C=O) groups excluding carboxylic acids is 2. The fourth-order valence-corrected chi connectivity index (χ4v) is 3.09. The van der Waals surface area contributed by atoms with E-state index in [1.54, 1.807) is 38.1 Å². The number of nitrogens with zero attached hydrogens (tertiary/aromatic N) is 2. The van der Waals surface area contributed by atoms with E-state index < -0.39 is 24.0 Å². The average molecular weight is 388 g/mol. The van der Waals surface area contributed by atoms with E-state index in [0.29, 0.717) is 10.6 Å². The van der Waals surface area contributed by atoms with Crippen LogP contribution >= 0.6 is 11.6 Å². The summed E-state index contributed by atoms with van der Waals surface area (Å²) in [6, 6.07) is 9.01. The Hall–Kier alpha value is -2.85. The summed E-state index contributed by atoms with van der Waals surface area (Å²) in [7, 11) is 0. The van der Waals surface area contributed by atoms with Crippen LogP contribution in [0.1, 0.15) is 35.9 Å². The number of aromatic nitrogens is 1. The quantitative estimate of drug-likeness (QED) is 0.762. The predicted octanol–water partition coefficient (Wildman–Crippen LogP) is 3.27. The van der Waals surface area contributed by atoms with Gasteiger partial charge in [-0.3, -0.25) is 4.79 Å². The number of benzene rings is 1. The van der Waals surface area contributed by atoms with Crippen molar-refractivity contribution >= 4 is 23.5 Å². The monoisotopic (exact) mass is 387 g/mol. The highest BCUT2D eigenvalue weighted by Crippen LogP contribution is 2.39. The van der Waals surface area contributed by atoms with Gasteiger partial charge in [0.05, 0.1) is 11.1 Å². The van der Waals surface area contributed by atoms with Crippen LogP contribution in [0.25, 0.3) is 11.3 Å². The number of ether oxygens (including phenoxy) is 1. The molecule has 1 aromatic heterocycles. The number of nitrogens with one attached hydrogen (secondary N) is 1. The number of halogens is 1. The molecule has 0 bridgehead atoms. The third kappa shape index (κ3) is 3.96. The van der Waals surface area contributed by atoms with Crippen molar-refractivity contribution in [1.29, 1.82) is 5.26 Å². The third-order valence-electron chi connectivity index (χ3n) is 4.56. The maximum Gasteiger partial charge on any atom is 0.344 e. The van der Waals surface area contributed by atoms with Crippen LogP contribution in [0.15, 0.2) is 28.8 Å². The molecule has 3 rings (SSSR count). The lowest BCUT2D eigenvalue weighted by Crippen LogP contribution is -2.48. The zero-order chi connectivity index (χ0) is 19.6. The molecule has 2 aromatic rings. The molecular weight excluding hydrogens is 370 g/mol. The Labute approximate surface area is 161 Å². The van der Waals surface area contributed by atoms with Crippen molar-refractivity contribution in [3.8, 4) is 17.3 Å². The Kier molecular flexibility index (Phi) is 5.19. The van der Waals surface area contributed by atoms with Crippen LogP contribution in [0.3, 0.4) is 0 Å². The number of hydrogen-bond acceptors (Lipinski definition) is 6. The normalized spacial score (nSPS) is 15.5. The minimum Gasteiger partial charge on any atom is -0.452 e. The summed E-state index contributed by atoms with van der Waals surface area (Å²) in [4.78, 5) is 24.6. The molecule has 1 amide bonds. The van der Waals surface area contributed by atoms with Crippen molar-refractivity contribution in [1.82, 2.24) is 10.5 Å². The Bertz CT molecular complexity index is 929. The molecule has 27 heavy (non-hydrogen) atoms. The molecule has 0 unspecified atom stereocenters. The summed E-state index contributed by atoms with van der Waals surface area (Å²) >= 11 is 6.17. The number of amides is 1. The summed E-state index contributed by atoms with van der Waals surface area (Å²) in [6.07, 6.45) is 1.79. The second-order valence-electron chi connectivity index (χ2n) is 6.65. The SMILES string of the molecule is Cc1onc(-c2ccccc2Cl)c1C(=O)OCC(=O)N[C@@](C)(C#N)C1CC1. The van der Waals surface area contributed by atoms with Crippen molar-refractivity contribution in [3.63, 3.8) is 0 Å². The van der Waals surface area contributed by atoms with Crippen molar-refractivity contribution in [2.45, 2.75) is 32.2 Å². The van der Waals surface area contributed by atoms with Gasteiger partial charge in [0, 0.05) is 5.56 Å². The van der Waals surface area contributed by atoms with E-state index in [1.165, 1.54) is 0 Å². The highest BCUT2D eigenvalue weighted by atomic mass is 35.5. The summed E-state index contributed by atoms with van der Waals surface area (Å²) in [5.41, 5.74) is -0.0537. The first-order valence-corrected chi connectivity index (χ1v) is 8.84. The highest BCUT2D eigenvalue weighted by molar-refractivity contribution is 6.33. The number of hydrogen-bond donors (Lipinski definition) is 1. The van der Waals surface area contributed by atoms with Crippen molar-refractivity contribution in [2.75, 3.05) is 6.61 Å². The lowest BCUT2D eigenvalue weighted by Gasteiger charge is -2.22. The van der Waals surface area contributed by atoms with Gasteiger partial charge >= 0.3 is 5.97 Å². The van der Waals surface area contributed by atoms with Crippen LogP contribution in [0, 0.1) is 24.2 Å². The van der Waals surface area contributed by atoms with Crippen LogP contribution in [-0.2, 0) is 9.53 Å². The number of nitriles is 1. The van der Waals surface area contributed by atoms with Gasteiger partial charge in [0.15, 0.2) is 6.61 Å². The molecule has 1 aromatic carbocycles. The predicted molar refractivity (Wildman–Crippen MR) is 96.9 cm³/mol. The minimum absolute atomic E-state index is 0.112. The first kappa shape index (κ1) is 18.9. The number of aryl methyl sites for hydroxylation is 1. The lowest BCUT2D eigenvalue weighted by molar-refractivity contribution is -0.125. The van der Waals surface area contributed by atoms with Gasteiger partial charge in [-0.2, -0.15) is 5.26 Å². The second kappa shape index (κ2) is 7.41. The van der Waals surface area contributed by atoms with Gasteiger partial charge in [0.1, 0.15) is 22.6 Å². The summed E-state index contributed by atoms with van der Waals surface area (Å²) < 4.78 is 10.2. The zero-order valence-corrected chi connectivity index (χ0v) is 15.7. The number of rotatable bonds is 6. The Morgan fingerprint density at radius 3 is 2.78 bits per heavy atom. The van der Waals surface area contributed by atoms with Crippen molar-refractivity contribution in [2.24, 2.45) is 5.92 Å². The maximum absolute atomic E-state index is 12.5. The first-order chi connectivity index (χ1) is 12.9. The van der Waals surface area contributed by atoms with Gasteiger partial charge in [0.25, 0.3) is 5.91 Å². The van der Waals surface area contributed by atoms with Gasteiger partial charge < -0.3 is 14.6 Å². The fraction of sp³-hybridized carbons (Fsp3) is 0.368. The largest absolute Gasteiger partial charge is 0.452 e. The van der Waals surface area contributed by atoms with Crippen LogP contribution < -0.4 is 5.32 Å². The molecule has 0 radical (unpaired) electrons. The van der Waals surface area contributed by atoms with E-state index in [-0.39, 0.29) is 22.9 Å². The molecule has 140 valence electrons. The van der Waals surface area contributed by atoms with Crippen molar-refractivity contribution < 1.29 is 18.8 Å². The Balaban J connectivity index is 1.70. The summed E-state index contributed by atoms with van der Waals surface area (Å²) in [5, 5.41) is 16.2. The number of carbonyl (C=O) groups is 2. The van der Waals surface area contributed by atoms with E-state index in [1.807, 2.05) is 0 Å². The molecule has 1 saturated carbocycles. The lowest BCUT2D eigenvalue weighted by atomic mass is 9.98. The molecule has 7 nitrogen and oxygen atoms in total. The smallest absolute Gasteiger partial charge is 0.344 e. The Morgan fingerprint density at radius 2 is 2.15 bits per heavy atom. The first-order valence-electron chi connectivity index (χ1n) is 8.46. The third-order valence-corrected chi connectivity index (χ3v) is 4.88.